The molecule has 0 spiro atoms. The van der Waals surface area contributed by atoms with Crippen molar-refractivity contribution < 1.29 is 58.9 Å². The number of amides is 2. The number of ether oxygens (including phenoxy) is 3. The summed E-state index contributed by atoms with van der Waals surface area (Å²) in [7, 11) is 2.82. The first-order valence-electron chi connectivity index (χ1n) is 18.4. The minimum absolute atomic E-state index is 0.0290. The van der Waals surface area contributed by atoms with E-state index in [1.165, 1.54) is 26.3 Å². The van der Waals surface area contributed by atoms with Crippen molar-refractivity contribution in [3.05, 3.63) is 87.3 Å². The Kier molecular flexibility index (Phi) is 10.6. The normalized spacial score (nSPS) is 27.5. The highest BCUT2D eigenvalue weighted by Crippen LogP contribution is 2.46. The number of aliphatic imine (C=N–C) groups is 1. The number of fused-ring (bicyclic) bond motifs is 3. The number of ketones is 2. The van der Waals surface area contributed by atoms with Crippen LogP contribution in [-0.2, 0) is 20.7 Å². The maximum atomic E-state index is 14.4. The van der Waals surface area contributed by atoms with Gasteiger partial charge in [-0.1, -0.05) is 6.08 Å². The number of hydrogen-bond acceptors (Lipinski definition) is 15. The van der Waals surface area contributed by atoms with E-state index < -0.39 is 84.3 Å². The molecule has 1 fully saturated rings. The second kappa shape index (κ2) is 15.3. The maximum absolute atomic E-state index is 14.4. The molecular weight excluding hydrogens is 744 g/mol. The van der Waals surface area contributed by atoms with E-state index in [0.29, 0.717) is 36.0 Å². The number of methoxy groups -OCH3 is 1. The molecule has 11 N–H and O–H groups in total. The van der Waals surface area contributed by atoms with E-state index in [1.807, 2.05) is 0 Å². The highest BCUT2D eigenvalue weighted by Gasteiger charge is 2.57. The quantitative estimate of drug-likeness (QED) is 0.0669. The maximum Gasteiger partial charge on any atom is 0.253 e. The minimum atomic E-state index is -2.41. The monoisotopic (exact) mass is 788 g/mol. The molecule has 0 radical (unpaired) electrons. The SMILES string of the molecule is CN=C(N)NC1CCCc2cc3c(c(O)c21)C(=O)c1c(OC2OC(CO)C(O)(CC(CN4C(=O)C=CC4=O)C4=CCNC(N)=C4)C(O)C2O)cc(OC)cc1C3=O. The third kappa shape index (κ3) is 6.88. The minimum Gasteiger partial charge on any atom is -0.507 e. The van der Waals surface area contributed by atoms with Crippen molar-refractivity contribution in [2.24, 2.45) is 22.4 Å². The van der Waals surface area contributed by atoms with Gasteiger partial charge in [-0.25, -0.2) is 0 Å². The predicted molar refractivity (Wildman–Crippen MR) is 200 cm³/mol. The van der Waals surface area contributed by atoms with Crippen molar-refractivity contribution in [1.29, 1.82) is 0 Å². The average Bonchev–Trinajstić information content (AvgIpc) is 3.51. The zero-order chi connectivity index (χ0) is 40.9. The van der Waals surface area contributed by atoms with E-state index in [4.69, 9.17) is 25.7 Å². The standard InChI is InChI=1S/C39H44N6O12/c1-42-38(41)44-23-5-3-4-18-10-21-31(33(50)29(18)23)34(51)30-22(32(21)49)12-20(55-2)13-24(30)56-37-35(52)36(53)39(54,25(16-46)57-37)14-19(17-8-9-43-26(40)11-17)15-45-27(47)6-7-28(45)48/h6-8,10-13,19,23,25,35-37,43,46,50,52-54H,3-5,9,14-16,40H2,1-2H3,(H3,41,42,44). The molecule has 0 aromatic heterocycles. The number of allylic oxidation sites excluding steroid dienone is 1. The summed E-state index contributed by atoms with van der Waals surface area (Å²) >= 11 is 0. The molecule has 7 unspecified atom stereocenters. The Hall–Kier alpha value is -5.79. The van der Waals surface area contributed by atoms with Crippen LogP contribution in [-0.4, -0.2) is 124 Å². The summed E-state index contributed by atoms with van der Waals surface area (Å²) in [6.07, 6.45) is -0.790. The first kappa shape index (κ1) is 39.4. The number of hydrogen-bond donors (Lipinski definition) is 9. The topological polar surface area (TPSA) is 289 Å². The van der Waals surface area contributed by atoms with Crippen molar-refractivity contribution >= 4 is 29.3 Å². The molecule has 7 rings (SSSR count). The zero-order valence-corrected chi connectivity index (χ0v) is 31.1. The Morgan fingerprint density at radius 2 is 1.84 bits per heavy atom. The summed E-state index contributed by atoms with van der Waals surface area (Å²) in [5, 5.41) is 63.4. The fraction of sp³-hybridized carbons (Fsp3) is 0.410. The van der Waals surface area contributed by atoms with Gasteiger partial charge in [0.25, 0.3) is 11.8 Å². The zero-order valence-electron chi connectivity index (χ0n) is 31.1. The molecule has 57 heavy (non-hydrogen) atoms. The largest absolute Gasteiger partial charge is 0.507 e. The van der Waals surface area contributed by atoms with Gasteiger partial charge >= 0.3 is 0 Å². The molecule has 3 heterocycles. The third-order valence-electron chi connectivity index (χ3n) is 11.2. The Morgan fingerprint density at radius 1 is 1.12 bits per heavy atom. The van der Waals surface area contributed by atoms with Gasteiger partial charge in [0, 0.05) is 61.0 Å². The van der Waals surface area contributed by atoms with E-state index in [2.05, 4.69) is 15.6 Å². The highest BCUT2D eigenvalue weighted by atomic mass is 16.7. The summed E-state index contributed by atoms with van der Waals surface area (Å²) in [5.41, 5.74) is 10.4. The lowest BCUT2D eigenvalue weighted by Gasteiger charge is -2.49. The molecule has 2 aromatic rings. The van der Waals surface area contributed by atoms with Crippen molar-refractivity contribution in [1.82, 2.24) is 15.5 Å². The number of aliphatic hydroxyl groups excluding tert-OH is 3. The number of imide groups is 1. The summed E-state index contributed by atoms with van der Waals surface area (Å²) in [5.74, 6) is -3.70. The summed E-state index contributed by atoms with van der Waals surface area (Å²) in [6.45, 7) is -0.870. The molecule has 2 amide bonds. The van der Waals surface area contributed by atoms with Crippen molar-refractivity contribution in [2.45, 2.75) is 61.9 Å². The van der Waals surface area contributed by atoms with Gasteiger partial charge in [0.05, 0.1) is 36.7 Å². The van der Waals surface area contributed by atoms with Crippen molar-refractivity contribution in [3.8, 4) is 17.2 Å². The van der Waals surface area contributed by atoms with E-state index in [0.717, 1.165) is 17.1 Å². The number of nitrogens with two attached hydrogens (primary N) is 2. The molecule has 302 valence electrons. The summed E-state index contributed by atoms with van der Waals surface area (Å²) in [6, 6.07) is 3.68. The highest BCUT2D eigenvalue weighted by molar-refractivity contribution is 6.30. The van der Waals surface area contributed by atoms with E-state index >= 15 is 0 Å². The van der Waals surface area contributed by atoms with Crippen LogP contribution in [0, 0.1) is 5.92 Å². The Bertz CT molecular complexity index is 2140. The van der Waals surface area contributed by atoms with Crippen LogP contribution in [0.1, 0.15) is 68.3 Å². The number of dihydropyridines is 1. The molecule has 18 heteroatoms. The number of phenols is 1. The second-order valence-corrected chi connectivity index (χ2v) is 14.6. The Balaban J connectivity index is 1.22. The van der Waals surface area contributed by atoms with Gasteiger partial charge in [-0.3, -0.25) is 29.1 Å². The van der Waals surface area contributed by atoms with Crippen LogP contribution in [0.25, 0.3) is 0 Å². The lowest BCUT2D eigenvalue weighted by atomic mass is 9.75. The van der Waals surface area contributed by atoms with Crippen LogP contribution >= 0.6 is 0 Å². The average molecular weight is 789 g/mol. The summed E-state index contributed by atoms with van der Waals surface area (Å²) < 4.78 is 17.4. The van der Waals surface area contributed by atoms with E-state index in [9.17, 15) is 44.7 Å². The number of aromatic hydroxyl groups is 1. The van der Waals surface area contributed by atoms with Gasteiger partial charge in [0.1, 0.15) is 41.2 Å². The fourth-order valence-electron chi connectivity index (χ4n) is 8.30. The lowest BCUT2D eigenvalue weighted by molar-refractivity contribution is -0.316. The Labute approximate surface area is 326 Å². The van der Waals surface area contributed by atoms with Crippen LogP contribution < -0.4 is 31.6 Å². The fourth-order valence-corrected chi connectivity index (χ4v) is 8.30. The van der Waals surface area contributed by atoms with Gasteiger partial charge in [-0.05, 0) is 55.0 Å². The molecule has 3 aliphatic heterocycles. The smallest absolute Gasteiger partial charge is 0.253 e. The van der Waals surface area contributed by atoms with Crippen molar-refractivity contribution in [2.75, 3.05) is 33.9 Å². The van der Waals surface area contributed by atoms with Gasteiger partial charge in [0.2, 0.25) is 12.1 Å². The number of nitrogens with zero attached hydrogens (tertiary/aromatic N) is 2. The number of guanidine groups is 1. The number of rotatable bonds is 10. The molecule has 18 nitrogen and oxygen atoms in total. The number of carbonyl (C=O) groups is 4. The van der Waals surface area contributed by atoms with Crippen LogP contribution in [0.2, 0.25) is 0 Å². The molecule has 2 aliphatic carbocycles. The number of aryl methyl sites for hydroxylation is 1. The summed E-state index contributed by atoms with van der Waals surface area (Å²) in [4.78, 5) is 58.5. The molecular formula is C39H44N6O12. The second-order valence-electron chi connectivity index (χ2n) is 14.6. The van der Waals surface area contributed by atoms with Crippen LogP contribution in [0.15, 0.2) is 58.9 Å². The van der Waals surface area contributed by atoms with Gasteiger partial charge in [-0.15, -0.1) is 0 Å². The first-order valence-corrected chi connectivity index (χ1v) is 18.4. The van der Waals surface area contributed by atoms with Crippen LogP contribution in [0.4, 0.5) is 0 Å². The van der Waals surface area contributed by atoms with E-state index in [1.54, 1.807) is 18.2 Å². The van der Waals surface area contributed by atoms with Crippen LogP contribution in [0.5, 0.6) is 17.2 Å². The van der Waals surface area contributed by atoms with Crippen molar-refractivity contribution in [3.63, 3.8) is 0 Å². The molecule has 2 aromatic carbocycles. The number of nitrogens with one attached hydrogen (secondary N) is 2. The molecule has 1 saturated heterocycles. The van der Waals surface area contributed by atoms with Gasteiger partial charge in [0.15, 0.2) is 11.7 Å². The molecule has 7 atom stereocenters. The lowest BCUT2D eigenvalue weighted by Crippen LogP contribution is -2.68. The van der Waals surface area contributed by atoms with Gasteiger partial charge < -0.3 is 61.8 Å². The predicted octanol–water partition coefficient (Wildman–Crippen LogP) is -1.10. The number of carbonyl (C=O) groups excluding carboxylic acids is 4. The van der Waals surface area contributed by atoms with E-state index in [-0.39, 0.29) is 58.6 Å². The Morgan fingerprint density at radius 3 is 2.51 bits per heavy atom. The molecule has 0 saturated carbocycles. The first-order chi connectivity index (χ1) is 27.2. The number of benzene rings is 2. The van der Waals surface area contributed by atoms with Gasteiger partial charge in [-0.2, -0.15) is 0 Å². The van der Waals surface area contributed by atoms with Crippen LogP contribution in [0.3, 0.4) is 0 Å². The molecule has 5 aliphatic rings. The molecule has 0 bridgehead atoms. The number of phenolic OH excluding ortho intramolecular Hbond substituents is 1. The third-order valence-corrected chi connectivity index (χ3v) is 11.2. The number of aliphatic hydroxyl groups is 4.